The lowest BCUT2D eigenvalue weighted by atomic mass is 9.81. The number of hydrogen-bond acceptors (Lipinski definition) is 7. The minimum atomic E-state index is -0.205. The maximum Gasteiger partial charge on any atom is 0.228 e. The average molecular weight is 548 g/mol. The van der Waals surface area contributed by atoms with E-state index in [1.165, 1.54) is 0 Å². The van der Waals surface area contributed by atoms with E-state index in [1.54, 1.807) is 30.2 Å². The van der Waals surface area contributed by atoms with Crippen molar-refractivity contribution < 1.29 is 14.3 Å². The zero-order valence-corrected chi connectivity index (χ0v) is 22.1. The molecule has 8 nitrogen and oxygen atoms in total. The van der Waals surface area contributed by atoms with Crippen LogP contribution in [-0.2, 0) is 11.4 Å². The minimum absolute atomic E-state index is 0.0744. The summed E-state index contributed by atoms with van der Waals surface area (Å²) in [4.78, 5) is 15.0. The molecule has 0 saturated carbocycles. The number of halogens is 1. The second-order valence-electron chi connectivity index (χ2n) is 9.30. The Labute approximate surface area is 234 Å². The molecule has 0 N–H and O–H groups in total. The van der Waals surface area contributed by atoms with Crippen LogP contribution in [-0.4, -0.2) is 32.9 Å². The number of aromatic nitrogens is 4. The Morgan fingerprint density at radius 2 is 1.80 bits per heavy atom. The molecule has 0 spiro atoms. The largest absolute Gasteiger partial charge is 0.497 e. The first-order valence-electron chi connectivity index (χ1n) is 12.7. The Bertz CT molecular complexity index is 1900. The highest BCUT2D eigenvalue weighted by atomic mass is 35.5. The number of fused-ring (bicyclic) bond motifs is 6. The standard InChI is InChI=1S/C31H22ClN5O3/c1-38-22-13-10-20(11-14-22)27-28-23-8-4-2-6-19(23)12-15-25(28)40-31-29(27)30-35-26(36-37(30)18-33-31)17-39-34-16-21-7-3-5-9-24(21)32/h2-16,18,27H,17H2,1H3/b34-16+. The fourth-order valence-electron chi connectivity index (χ4n) is 5.11. The highest BCUT2D eigenvalue weighted by Crippen LogP contribution is 2.50. The van der Waals surface area contributed by atoms with Crippen LogP contribution in [0.25, 0.3) is 16.4 Å². The van der Waals surface area contributed by atoms with Crippen LogP contribution in [0.3, 0.4) is 0 Å². The van der Waals surface area contributed by atoms with Crippen molar-refractivity contribution in [2.75, 3.05) is 7.11 Å². The summed E-state index contributed by atoms with van der Waals surface area (Å²) in [5.74, 6) is 2.30. The molecule has 1 aliphatic rings. The van der Waals surface area contributed by atoms with Gasteiger partial charge in [-0.25, -0.2) is 14.5 Å². The highest BCUT2D eigenvalue weighted by molar-refractivity contribution is 6.33. The zero-order valence-electron chi connectivity index (χ0n) is 21.4. The van der Waals surface area contributed by atoms with Crippen LogP contribution >= 0.6 is 11.6 Å². The van der Waals surface area contributed by atoms with E-state index in [9.17, 15) is 0 Å². The molecule has 0 fully saturated rings. The Morgan fingerprint density at radius 3 is 2.65 bits per heavy atom. The van der Waals surface area contributed by atoms with Crippen molar-refractivity contribution in [3.63, 3.8) is 0 Å². The van der Waals surface area contributed by atoms with Crippen molar-refractivity contribution in [3.05, 3.63) is 124 Å². The third-order valence-corrected chi connectivity index (χ3v) is 7.30. The number of ether oxygens (including phenoxy) is 2. The van der Waals surface area contributed by atoms with E-state index >= 15 is 0 Å². The van der Waals surface area contributed by atoms with Crippen molar-refractivity contribution in [3.8, 4) is 17.4 Å². The van der Waals surface area contributed by atoms with Gasteiger partial charge in [0.05, 0.1) is 18.9 Å². The molecule has 9 heteroatoms. The van der Waals surface area contributed by atoms with Gasteiger partial charge in [0, 0.05) is 22.1 Å². The summed E-state index contributed by atoms with van der Waals surface area (Å²) in [6.07, 6.45) is 3.17. The summed E-state index contributed by atoms with van der Waals surface area (Å²) < 4.78 is 13.5. The van der Waals surface area contributed by atoms with Gasteiger partial charge in [-0.3, -0.25) is 0 Å². The molecule has 1 atom stereocenters. The number of benzene rings is 4. The SMILES string of the molecule is COc1ccc(C2c3c(ccc4ccccc34)Oc3ncn4nc(CO/N=C/c5ccccc5Cl)nc4c32)cc1. The maximum atomic E-state index is 6.37. The second kappa shape index (κ2) is 9.98. The first-order valence-corrected chi connectivity index (χ1v) is 13.0. The molecule has 0 amide bonds. The Morgan fingerprint density at radius 1 is 0.975 bits per heavy atom. The molecular formula is C31H22ClN5O3. The molecule has 0 aliphatic carbocycles. The van der Waals surface area contributed by atoms with E-state index < -0.39 is 0 Å². The molecule has 40 heavy (non-hydrogen) atoms. The van der Waals surface area contributed by atoms with Crippen molar-refractivity contribution in [2.45, 2.75) is 12.5 Å². The minimum Gasteiger partial charge on any atom is -0.497 e. The molecule has 0 radical (unpaired) electrons. The molecular weight excluding hydrogens is 526 g/mol. The molecule has 1 unspecified atom stereocenters. The number of hydrogen-bond donors (Lipinski definition) is 0. The Kier molecular flexibility index (Phi) is 6.02. The lowest BCUT2D eigenvalue weighted by Crippen LogP contribution is -2.15. The Hall–Kier alpha value is -4.95. The molecule has 3 heterocycles. The van der Waals surface area contributed by atoms with E-state index in [1.807, 2.05) is 48.5 Å². The predicted molar refractivity (Wildman–Crippen MR) is 153 cm³/mol. The van der Waals surface area contributed by atoms with Gasteiger partial charge in [-0.1, -0.05) is 77.4 Å². The Balaban J connectivity index is 1.32. The van der Waals surface area contributed by atoms with E-state index in [4.69, 9.17) is 30.9 Å². The van der Waals surface area contributed by atoms with Gasteiger partial charge >= 0.3 is 0 Å². The molecule has 2 aromatic heterocycles. The summed E-state index contributed by atoms with van der Waals surface area (Å²) in [5, 5.41) is 11.5. The van der Waals surface area contributed by atoms with Gasteiger partial charge in [0.25, 0.3) is 0 Å². The van der Waals surface area contributed by atoms with Gasteiger partial charge in [-0.05, 0) is 40.6 Å². The molecule has 196 valence electrons. The third-order valence-electron chi connectivity index (χ3n) is 6.96. The number of nitrogens with zero attached hydrogens (tertiary/aromatic N) is 5. The topological polar surface area (TPSA) is 83.1 Å². The van der Waals surface area contributed by atoms with Gasteiger partial charge in [0.1, 0.15) is 17.8 Å². The molecule has 4 aromatic carbocycles. The number of methoxy groups -OCH3 is 1. The first kappa shape index (κ1) is 24.1. The van der Waals surface area contributed by atoms with Crippen LogP contribution < -0.4 is 9.47 Å². The van der Waals surface area contributed by atoms with Crippen LogP contribution in [0.15, 0.2) is 96.4 Å². The molecule has 0 saturated heterocycles. The lowest BCUT2D eigenvalue weighted by Gasteiger charge is -2.29. The monoisotopic (exact) mass is 547 g/mol. The smallest absolute Gasteiger partial charge is 0.228 e. The number of rotatable bonds is 6. The summed E-state index contributed by atoms with van der Waals surface area (Å²) in [6.45, 7) is 0.0744. The van der Waals surface area contributed by atoms with Crippen molar-refractivity contribution in [1.29, 1.82) is 0 Å². The van der Waals surface area contributed by atoms with Crippen molar-refractivity contribution in [1.82, 2.24) is 19.6 Å². The van der Waals surface area contributed by atoms with Gasteiger partial charge in [-0.2, -0.15) is 0 Å². The third kappa shape index (κ3) is 4.19. The second-order valence-corrected chi connectivity index (χ2v) is 9.70. The quantitative estimate of drug-likeness (QED) is 0.169. The maximum absolute atomic E-state index is 6.37. The van der Waals surface area contributed by atoms with Crippen LogP contribution in [0.5, 0.6) is 17.4 Å². The lowest BCUT2D eigenvalue weighted by molar-refractivity contribution is 0.126. The van der Waals surface area contributed by atoms with Gasteiger partial charge in [-0.15, -0.1) is 5.10 Å². The molecule has 7 rings (SSSR count). The van der Waals surface area contributed by atoms with Gasteiger partial charge in [0.2, 0.25) is 5.88 Å². The van der Waals surface area contributed by atoms with Gasteiger partial charge in [0.15, 0.2) is 18.1 Å². The summed E-state index contributed by atoms with van der Waals surface area (Å²) in [7, 11) is 1.66. The fraction of sp³-hybridized carbons (Fsp3) is 0.0968. The van der Waals surface area contributed by atoms with Crippen molar-refractivity contribution in [2.24, 2.45) is 5.16 Å². The van der Waals surface area contributed by atoms with E-state index in [2.05, 4.69) is 45.6 Å². The summed E-state index contributed by atoms with van der Waals surface area (Å²) in [5.41, 5.74) is 4.34. The molecule has 0 bridgehead atoms. The van der Waals surface area contributed by atoms with Crippen LogP contribution in [0, 0.1) is 0 Å². The zero-order chi connectivity index (χ0) is 27.1. The summed E-state index contributed by atoms with van der Waals surface area (Å²) >= 11 is 6.19. The van der Waals surface area contributed by atoms with Crippen LogP contribution in [0.4, 0.5) is 0 Å². The fourth-order valence-corrected chi connectivity index (χ4v) is 5.29. The first-order chi connectivity index (χ1) is 19.7. The number of oxime groups is 1. The highest BCUT2D eigenvalue weighted by Gasteiger charge is 2.34. The molecule has 1 aliphatic heterocycles. The van der Waals surface area contributed by atoms with Gasteiger partial charge < -0.3 is 14.3 Å². The van der Waals surface area contributed by atoms with Crippen molar-refractivity contribution >= 4 is 34.2 Å². The van der Waals surface area contributed by atoms with E-state index in [0.717, 1.165) is 44.5 Å². The summed E-state index contributed by atoms with van der Waals surface area (Å²) in [6, 6.07) is 27.8. The van der Waals surface area contributed by atoms with Crippen LogP contribution in [0.1, 0.15) is 34.0 Å². The predicted octanol–water partition coefficient (Wildman–Crippen LogP) is 6.78. The normalized spacial score (nSPS) is 14.2. The van der Waals surface area contributed by atoms with Crippen LogP contribution in [0.2, 0.25) is 5.02 Å². The van der Waals surface area contributed by atoms with E-state index in [-0.39, 0.29) is 12.5 Å². The molecule has 6 aromatic rings. The average Bonchev–Trinajstić information content (AvgIpc) is 3.42. The van der Waals surface area contributed by atoms with E-state index in [0.29, 0.717) is 22.4 Å².